The van der Waals surface area contributed by atoms with Crippen LogP contribution < -0.4 is 10.1 Å². The van der Waals surface area contributed by atoms with Crippen LogP contribution in [-0.2, 0) is 0 Å². The van der Waals surface area contributed by atoms with E-state index in [1.54, 1.807) is 24.3 Å². The van der Waals surface area contributed by atoms with Crippen LogP contribution in [0, 0.1) is 24.0 Å². The Morgan fingerprint density at radius 2 is 1.71 bits per heavy atom. The minimum atomic E-state index is -0.589. The minimum absolute atomic E-state index is 0.0137. The van der Waals surface area contributed by atoms with Crippen LogP contribution in [0.1, 0.15) is 21.7 Å². The quantitative estimate of drug-likeness (QED) is 0.493. The third-order valence-corrected chi connectivity index (χ3v) is 4.02. The van der Waals surface area contributed by atoms with Crippen LogP contribution >= 0.6 is 11.6 Å². The number of nitro groups is 1. The Bertz CT molecular complexity index is 1030. The van der Waals surface area contributed by atoms with Crippen LogP contribution in [0.2, 0.25) is 5.02 Å². The Hall–Kier alpha value is -3.52. The van der Waals surface area contributed by atoms with Crippen molar-refractivity contribution in [1.82, 2.24) is 9.97 Å². The maximum absolute atomic E-state index is 12.4. The third-order valence-electron chi connectivity index (χ3n) is 3.69. The van der Waals surface area contributed by atoms with Crippen LogP contribution in [0.15, 0.2) is 48.5 Å². The van der Waals surface area contributed by atoms with Crippen molar-refractivity contribution in [3.8, 4) is 11.8 Å². The first-order valence-corrected chi connectivity index (χ1v) is 8.55. The molecular weight excluding hydrogens is 384 g/mol. The standard InChI is InChI=1S/C19H15ClN4O4/c1-11-9-12(2)22-19(21-11)28-15-6-3-13(4-7-15)23-18(25)16-10-14(24(26)27)5-8-17(16)20/h3-10H,1-2H3,(H,23,25). The number of amides is 1. The van der Waals surface area contributed by atoms with E-state index in [0.29, 0.717) is 11.4 Å². The van der Waals surface area contributed by atoms with Gasteiger partial charge in [0.15, 0.2) is 0 Å². The highest BCUT2D eigenvalue weighted by Gasteiger charge is 2.16. The van der Waals surface area contributed by atoms with E-state index in [2.05, 4.69) is 15.3 Å². The van der Waals surface area contributed by atoms with Gasteiger partial charge in [-0.25, -0.2) is 9.97 Å². The number of carbonyl (C=O) groups excluding carboxylic acids is 1. The highest BCUT2D eigenvalue weighted by molar-refractivity contribution is 6.34. The number of nitro benzene ring substituents is 1. The fourth-order valence-corrected chi connectivity index (χ4v) is 2.65. The molecule has 0 radical (unpaired) electrons. The van der Waals surface area contributed by atoms with E-state index < -0.39 is 10.8 Å². The fraction of sp³-hybridized carbons (Fsp3) is 0.105. The number of halogens is 1. The topological polar surface area (TPSA) is 107 Å². The summed E-state index contributed by atoms with van der Waals surface area (Å²) in [7, 11) is 0. The van der Waals surface area contributed by atoms with Gasteiger partial charge < -0.3 is 10.1 Å². The number of ether oxygens (including phenoxy) is 1. The number of anilines is 1. The molecular formula is C19H15ClN4O4. The monoisotopic (exact) mass is 398 g/mol. The van der Waals surface area contributed by atoms with Crippen molar-refractivity contribution in [1.29, 1.82) is 0 Å². The molecule has 0 saturated carbocycles. The van der Waals surface area contributed by atoms with E-state index in [1.165, 1.54) is 12.1 Å². The molecule has 1 N–H and O–H groups in total. The van der Waals surface area contributed by atoms with Crippen LogP contribution in [-0.4, -0.2) is 20.8 Å². The lowest BCUT2D eigenvalue weighted by Gasteiger charge is -2.09. The predicted octanol–water partition coefficient (Wildman–Crippen LogP) is 4.70. The summed E-state index contributed by atoms with van der Waals surface area (Å²) in [5.74, 6) is -0.0589. The predicted molar refractivity (Wildman–Crippen MR) is 104 cm³/mol. The molecule has 1 amide bonds. The van der Waals surface area contributed by atoms with Gasteiger partial charge in [-0.3, -0.25) is 14.9 Å². The molecule has 3 aromatic rings. The number of aromatic nitrogens is 2. The van der Waals surface area contributed by atoms with Gasteiger partial charge in [-0.1, -0.05) is 11.6 Å². The Balaban J connectivity index is 1.73. The van der Waals surface area contributed by atoms with Crippen LogP contribution in [0.3, 0.4) is 0 Å². The van der Waals surface area contributed by atoms with Crippen molar-refractivity contribution in [2.45, 2.75) is 13.8 Å². The summed E-state index contributed by atoms with van der Waals surface area (Å²) in [5.41, 5.74) is 1.85. The molecule has 0 saturated heterocycles. The largest absolute Gasteiger partial charge is 0.424 e. The van der Waals surface area contributed by atoms with Crippen molar-refractivity contribution in [2.75, 3.05) is 5.32 Å². The number of aryl methyl sites for hydroxylation is 2. The lowest BCUT2D eigenvalue weighted by molar-refractivity contribution is -0.384. The summed E-state index contributed by atoms with van der Waals surface area (Å²) in [6.45, 7) is 3.69. The second-order valence-corrected chi connectivity index (χ2v) is 6.34. The molecule has 8 nitrogen and oxygen atoms in total. The van der Waals surface area contributed by atoms with E-state index >= 15 is 0 Å². The van der Waals surface area contributed by atoms with Crippen molar-refractivity contribution in [3.05, 3.63) is 80.6 Å². The van der Waals surface area contributed by atoms with Gasteiger partial charge in [0.1, 0.15) is 5.75 Å². The zero-order valence-corrected chi connectivity index (χ0v) is 15.7. The van der Waals surface area contributed by atoms with Gasteiger partial charge in [0.25, 0.3) is 11.6 Å². The fourth-order valence-electron chi connectivity index (χ4n) is 2.45. The Morgan fingerprint density at radius 3 is 2.32 bits per heavy atom. The van der Waals surface area contributed by atoms with E-state index in [4.69, 9.17) is 16.3 Å². The zero-order chi connectivity index (χ0) is 20.3. The molecule has 0 aliphatic rings. The van der Waals surface area contributed by atoms with Crippen molar-refractivity contribution >= 4 is 28.9 Å². The molecule has 0 fully saturated rings. The molecule has 1 heterocycles. The molecule has 28 heavy (non-hydrogen) atoms. The SMILES string of the molecule is Cc1cc(C)nc(Oc2ccc(NC(=O)c3cc([N+](=O)[O-])ccc3Cl)cc2)n1. The molecule has 9 heteroatoms. The van der Waals surface area contributed by atoms with Gasteiger partial charge in [0.2, 0.25) is 0 Å². The zero-order valence-electron chi connectivity index (χ0n) is 15.0. The number of non-ortho nitro benzene ring substituents is 1. The molecule has 2 aromatic carbocycles. The van der Waals surface area contributed by atoms with E-state index in [0.717, 1.165) is 17.5 Å². The highest BCUT2D eigenvalue weighted by atomic mass is 35.5. The summed E-state index contributed by atoms with van der Waals surface area (Å²) in [6.07, 6.45) is 0. The molecule has 0 aliphatic heterocycles. The van der Waals surface area contributed by atoms with Crippen molar-refractivity contribution in [2.24, 2.45) is 0 Å². The van der Waals surface area contributed by atoms with E-state index in [1.807, 2.05) is 19.9 Å². The van der Waals surface area contributed by atoms with Gasteiger partial charge >= 0.3 is 6.01 Å². The Labute approximate surface area is 165 Å². The molecule has 0 bridgehead atoms. The summed E-state index contributed by atoms with van der Waals surface area (Å²) in [4.78, 5) is 31.1. The van der Waals surface area contributed by atoms with Crippen molar-refractivity contribution < 1.29 is 14.5 Å². The number of rotatable bonds is 5. The number of benzene rings is 2. The molecule has 0 unspecified atom stereocenters. The molecule has 142 valence electrons. The molecule has 3 rings (SSSR count). The Kier molecular flexibility index (Phi) is 5.51. The second-order valence-electron chi connectivity index (χ2n) is 5.94. The number of nitrogens with zero attached hydrogens (tertiary/aromatic N) is 3. The third kappa shape index (κ3) is 4.60. The lowest BCUT2D eigenvalue weighted by atomic mass is 10.2. The molecule has 0 atom stereocenters. The number of nitrogens with one attached hydrogen (secondary N) is 1. The normalized spacial score (nSPS) is 10.4. The molecule has 0 aliphatic carbocycles. The van der Waals surface area contributed by atoms with Crippen LogP contribution in [0.5, 0.6) is 11.8 Å². The van der Waals surface area contributed by atoms with Gasteiger partial charge in [0.05, 0.1) is 15.5 Å². The second kappa shape index (κ2) is 8.01. The number of hydrogen-bond donors (Lipinski definition) is 1. The Morgan fingerprint density at radius 1 is 1.07 bits per heavy atom. The van der Waals surface area contributed by atoms with E-state index in [9.17, 15) is 14.9 Å². The maximum atomic E-state index is 12.4. The van der Waals surface area contributed by atoms with Gasteiger partial charge in [-0.05, 0) is 50.2 Å². The highest BCUT2D eigenvalue weighted by Crippen LogP contribution is 2.25. The summed E-state index contributed by atoms with van der Waals surface area (Å²) in [5, 5.41) is 13.6. The van der Waals surface area contributed by atoms with Crippen molar-refractivity contribution in [3.63, 3.8) is 0 Å². The first kappa shape index (κ1) is 19.2. The van der Waals surface area contributed by atoms with Crippen LogP contribution in [0.4, 0.5) is 11.4 Å². The van der Waals surface area contributed by atoms with Gasteiger partial charge in [0, 0.05) is 29.2 Å². The van der Waals surface area contributed by atoms with Gasteiger partial charge in [-0.15, -0.1) is 0 Å². The molecule has 1 aromatic heterocycles. The first-order chi connectivity index (χ1) is 13.3. The van der Waals surface area contributed by atoms with E-state index in [-0.39, 0.29) is 22.3 Å². The summed E-state index contributed by atoms with van der Waals surface area (Å²) >= 11 is 5.99. The first-order valence-electron chi connectivity index (χ1n) is 8.17. The average molecular weight is 399 g/mol. The minimum Gasteiger partial charge on any atom is -0.424 e. The lowest BCUT2D eigenvalue weighted by Crippen LogP contribution is -2.12. The summed E-state index contributed by atoms with van der Waals surface area (Å²) in [6, 6.07) is 12.3. The summed E-state index contributed by atoms with van der Waals surface area (Å²) < 4.78 is 5.61. The number of carbonyl (C=O) groups is 1. The number of hydrogen-bond acceptors (Lipinski definition) is 6. The molecule has 0 spiro atoms. The average Bonchev–Trinajstić information content (AvgIpc) is 2.62. The maximum Gasteiger partial charge on any atom is 0.322 e. The van der Waals surface area contributed by atoms with Gasteiger partial charge in [-0.2, -0.15) is 0 Å². The van der Waals surface area contributed by atoms with Crippen LogP contribution in [0.25, 0.3) is 0 Å². The smallest absolute Gasteiger partial charge is 0.322 e.